The fourth-order valence-corrected chi connectivity index (χ4v) is 4.74. The predicted octanol–water partition coefficient (Wildman–Crippen LogP) is 2.29. The van der Waals surface area contributed by atoms with Crippen LogP contribution in [-0.4, -0.2) is 47.9 Å². The van der Waals surface area contributed by atoms with Crippen molar-refractivity contribution in [2.75, 3.05) is 18.1 Å². The van der Waals surface area contributed by atoms with E-state index in [9.17, 15) is 13.2 Å². The van der Waals surface area contributed by atoms with Crippen molar-refractivity contribution in [3.05, 3.63) is 67.0 Å². The summed E-state index contributed by atoms with van der Waals surface area (Å²) >= 11 is 0. The Bertz CT molecular complexity index is 824. The van der Waals surface area contributed by atoms with Gasteiger partial charge in [-0.25, -0.2) is 8.42 Å². The average Bonchev–Trinajstić information content (AvgIpc) is 3.22. The van der Waals surface area contributed by atoms with Gasteiger partial charge in [0.2, 0.25) is 0 Å². The van der Waals surface area contributed by atoms with E-state index in [-0.39, 0.29) is 23.5 Å². The number of carbonyl (C=O) groups excluding carboxylic acids is 1. The SMILES string of the molecule is C=CCN(C(=O)c1ccc(-n2cccc2)cc1)[C@H]1CCS(=O)(=O)C1. The highest BCUT2D eigenvalue weighted by Gasteiger charge is 2.34. The molecule has 1 atom stereocenters. The van der Waals surface area contributed by atoms with Gasteiger partial charge in [-0.05, 0) is 42.8 Å². The summed E-state index contributed by atoms with van der Waals surface area (Å²) in [5, 5.41) is 0. The third-order valence-corrected chi connectivity index (χ3v) is 6.00. The van der Waals surface area contributed by atoms with E-state index in [2.05, 4.69) is 6.58 Å². The van der Waals surface area contributed by atoms with Gasteiger partial charge in [0.15, 0.2) is 9.84 Å². The zero-order valence-electron chi connectivity index (χ0n) is 13.3. The summed E-state index contributed by atoms with van der Waals surface area (Å²) in [7, 11) is -3.04. The minimum atomic E-state index is -3.04. The number of nitrogens with zero attached hydrogens (tertiary/aromatic N) is 2. The fraction of sp³-hybridized carbons (Fsp3) is 0.278. The maximum Gasteiger partial charge on any atom is 0.254 e. The van der Waals surface area contributed by atoms with E-state index >= 15 is 0 Å². The molecule has 0 N–H and O–H groups in total. The van der Waals surface area contributed by atoms with Gasteiger partial charge in [-0.15, -0.1) is 6.58 Å². The highest BCUT2D eigenvalue weighted by Crippen LogP contribution is 2.20. The number of hydrogen-bond donors (Lipinski definition) is 0. The lowest BCUT2D eigenvalue weighted by Gasteiger charge is -2.27. The minimum Gasteiger partial charge on any atom is -0.331 e. The van der Waals surface area contributed by atoms with E-state index in [0.717, 1.165) is 5.69 Å². The number of amides is 1. The molecule has 0 saturated carbocycles. The van der Waals surface area contributed by atoms with Crippen LogP contribution < -0.4 is 0 Å². The monoisotopic (exact) mass is 344 g/mol. The molecule has 0 unspecified atom stereocenters. The lowest BCUT2D eigenvalue weighted by molar-refractivity contribution is 0.0720. The number of aromatic nitrogens is 1. The van der Waals surface area contributed by atoms with Crippen LogP contribution in [0.4, 0.5) is 0 Å². The largest absolute Gasteiger partial charge is 0.331 e. The molecular formula is C18H20N2O3S. The third-order valence-electron chi connectivity index (χ3n) is 4.25. The van der Waals surface area contributed by atoms with Crippen LogP contribution in [-0.2, 0) is 9.84 Å². The second-order valence-corrected chi connectivity index (χ2v) is 8.17. The molecule has 0 aliphatic carbocycles. The Balaban J connectivity index is 1.81. The molecule has 1 fully saturated rings. The smallest absolute Gasteiger partial charge is 0.254 e. The normalized spacial score (nSPS) is 19.1. The van der Waals surface area contributed by atoms with Crippen LogP contribution in [0.5, 0.6) is 0 Å². The van der Waals surface area contributed by atoms with E-state index in [1.165, 1.54) is 0 Å². The van der Waals surface area contributed by atoms with Crippen molar-refractivity contribution in [3.63, 3.8) is 0 Å². The van der Waals surface area contributed by atoms with Crippen LogP contribution in [0.2, 0.25) is 0 Å². The average molecular weight is 344 g/mol. The number of rotatable bonds is 5. The Morgan fingerprint density at radius 3 is 2.46 bits per heavy atom. The summed E-state index contributed by atoms with van der Waals surface area (Å²) in [6.45, 7) is 4.03. The molecule has 2 aromatic rings. The van der Waals surface area contributed by atoms with Gasteiger partial charge in [0.05, 0.1) is 11.5 Å². The summed E-state index contributed by atoms with van der Waals surface area (Å²) in [4.78, 5) is 14.4. The van der Waals surface area contributed by atoms with Crippen LogP contribution in [0.3, 0.4) is 0 Å². The van der Waals surface area contributed by atoms with Gasteiger partial charge < -0.3 is 9.47 Å². The molecule has 6 heteroatoms. The first-order valence-corrected chi connectivity index (χ1v) is 9.68. The van der Waals surface area contributed by atoms with Gasteiger partial charge in [-0.3, -0.25) is 4.79 Å². The number of carbonyl (C=O) groups is 1. The molecule has 1 aromatic carbocycles. The molecule has 0 bridgehead atoms. The van der Waals surface area contributed by atoms with Gasteiger partial charge in [0.25, 0.3) is 5.91 Å². The van der Waals surface area contributed by atoms with Crippen molar-refractivity contribution in [1.82, 2.24) is 9.47 Å². The Morgan fingerprint density at radius 2 is 1.92 bits per heavy atom. The second kappa shape index (κ2) is 6.65. The lowest BCUT2D eigenvalue weighted by Crippen LogP contribution is -2.41. The van der Waals surface area contributed by atoms with Crippen molar-refractivity contribution in [2.24, 2.45) is 0 Å². The first-order chi connectivity index (χ1) is 11.5. The molecule has 1 aromatic heterocycles. The first-order valence-electron chi connectivity index (χ1n) is 7.86. The minimum absolute atomic E-state index is 0.0357. The zero-order valence-corrected chi connectivity index (χ0v) is 14.2. The number of benzene rings is 1. The quantitative estimate of drug-likeness (QED) is 0.782. The highest BCUT2D eigenvalue weighted by molar-refractivity contribution is 7.91. The molecule has 3 rings (SSSR count). The van der Waals surface area contributed by atoms with Crippen molar-refractivity contribution in [2.45, 2.75) is 12.5 Å². The second-order valence-electron chi connectivity index (χ2n) is 5.94. The van der Waals surface area contributed by atoms with Gasteiger partial charge in [-0.2, -0.15) is 0 Å². The lowest BCUT2D eigenvalue weighted by atomic mass is 10.1. The van der Waals surface area contributed by atoms with Crippen LogP contribution in [0.1, 0.15) is 16.8 Å². The Morgan fingerprint density at radius 1 is 1.25 bits per heavy atom. The Labute approximate surface area is 142 Å². The molecule has 1 aliphatic heterocycles. The zero-order chi connectivity index (χ0) is 17.2. The van der Waals surface area contributed by atoms with Crippen LogP contribution >= 0.6 is 0 Å². The third kappa shape index (κ3) is 3.43. The van der Waals surface area contributed by atoms with Gasteiger partial charge in [0.1, 0.15) is 0 Å². The number of hydrogen-bond acceptors (Lipinski definition) is 3. The molecule has 126 valence electrons. The molecule has 24 heavy (non-hydrogen) atoms. The first kappa shape index (κ1) is 16.5. The summed E-state index contributed by atoms with van der Waals surface area (Å²) in [6, 6.07) is 10.9. The van der Waals surface area contributed by atoms with Crippen LogP contribution in [0.25, 0.3) is 5.69 Å². The maximum atomic E-state index is 12.8. The summed E-state index contributed by atoms with van der Waals surface area (Å²) < 4.78 is 25.4. The summed E-state index contributed by atoms with van der Waals surface area (Å²) in [5.74, 6) is 0.0233. The van der Waals surface area contributed by atoms with Crippen LogP contribution in [0, 0.1) is 0 Å². The maximum absolute atomic E-state index is 12.8. The van der Waals surface area contributed by atoms with E-state index in [1.807, 2.05) is 41.2 Å². The van der Waals surface area contributed by atoms with Gasteiger partial charge >= 0.3 is 0 Å². The molecule has 1 aliphatic rings. The van der Waals surface area contributed by atoms with E-state index in [4.69, 9.17) is 0 Å². The van der Waals surface area contributed by atoms with E-state index < -0.39 is 9.84 Å². The molecule has 1 amide bonds. The van der Waals surface area contributed by atoms with Crippen molar-refractivity contribution < 1.29 is 13.2 Å². The van der Waals surface area contributed by atoms with Crippen molar-refractivity contribution in [3.8, 4) is 5.69 Å². The molecule has 0 radical (unpaired) electrons. The van der Waals surface area contributed by atoms with Gasteiger partial charge in [0, 0.05) is 36.2 Å². The topological polar surface area (TPSA) is 59.4 Å². The van der Waals surface area contributed by atoms with E-state index in [1.54, 1.807) is 23.1 Å². The highest BCUT2D eigenvalue weighted by atomic mass is 32.2. The van der Waals surface area contributed by atoms with Gasteiger partial charge in [-0.1, -0.05) is 6.08 Å². The van der Waals surface area contributed by atoms with E-state index in [0.29, 0.717) is 18.5 Å². The molecule has 5 nitrogen and oxygen atoms in total. The standard InChI is InChI=1S/C18H20N2O3S/c1-2-10-20(17-9-13-24(22,23)14-17)18(21)15-5-7-16(8-6-15)19-11-3-4-12-19/h2-8,11-12,17H,1,9-10,13-14H2/t17-/m0/s1. The number of sulfone groups is 1. The molecule has 2 heterocycles. The van der Waals surface area contributed by atoms with Crippen LogP contribution in [0.15, 0.2) is 61.4 Å². The van der Waals surface area contributed by atoms with Crippen molar-refractivity contribution >= 4 is 15.7 Å². The Kier molecular flexibility index (Phi) is 4.57. The molecule has 1 saturated heterocycles. The fourth-order valence-electron chi connectivity index (χ4n) is 3.01. The Hall–Kier alpha value is -2.34. The van der Waals surface area contributed by atoms with Crippen molar-refractivity contribution in [1.29, 1.82) is 0 Å². The predicted molar refractivity (Wildman–Crippen MR) is 94.1 cm³/mol. The summed E-state index contributed by atoms with van der Waals surface area (Å²) in [6.07, 6.45) is 5.99. The molecule has 0 spiro atoms. The summed E-state index contributed by atoms with van der Waals surface area (Å²) in [5.41, 5.74) is 1.52. The molecular weight excluding hydrogens is 324 g/mol.